The van der Waals surface area contributed by atoms with Gasteiger partial charge in [0.1, 0.15) is 5.75 Å². The molecule has 1 N–H and O–H groups in total. The standard InChI is InChI=1S/C21H20N2O5S/c1-27-18-9-11-19(12-10-18)29(25,26)22-20-6-4-3-5-17(20)8-7-16-13-14-23(24)21(15-16)28-2/h3-15,22H,1-2H3. The summed E-state index contributed by atoms with van der Waals surface area (Å²) >= 11 is 0. The van der Waals surface area contributed by atoms with Crippen LogP contribution in [0.2, 0.25) is 0 Å². The van der Waals surface area contributed by atoms with Crippen molar-refractivity contribution in [2.24, 2.45) is 0 Å². The Morgan fingerprint density at radius 3 is 2.38 bits per heavy atom. The summed E-state index contributed by atoms with van der Waals surface area (Å²) in [6, 6.07) is 16.4. The zero-order valence-electron chi connectivity index (χ0n) is 15.9. The predicted octanol–water partition coefficient (Wildman–Crippen LogP) is 3.31. The zero-order valence-corrected chi connectivity index (χ0v) is 16.7. The third-order valence-corrected chi connectivity index (χ3v) is 5.53. The first-order chi connectivity index (χ1) is 13.9. The van der Waals surface area contributed by atoms with Gasteiger partial charge in [-0.05, 0) is 41.5 Å². The van der Waals surface area contributed by atoms with Crippen molar-refractivity contribution >= 4 is 27.9 Å². The number of rotatable bonds is 7. The van der Waals surface area contributed by atoms with Crippen LogP contribution < -0.4 is 18.9 Å². The third-order valence-electron chi connectivity index (χ3n) is 4.15. The summed E-state index contributed by atoms with van der Waals surface area (Å²) in [6.07, 6.45) is 4.87. The summed E-state index contributed by atoms with van der Waals surface area (Å²) in [6.45, 7) is 0. The fraction of sp³-hybridized carbons (Fsp3) is 0.0952. The number of aromatic nitrogens is 1. The monoisotopic (exact) mass is 412 g/mol. The molecule has 1 aromatic heterocycles. The first kappa shape index (κ1) is 20.2. The van der Waals surface area contributed by atoms with Crippen LogP contribution in [0, 0.1) is 5.21 Å². The lowest BCUT2D eigenvalue weighted by molar-refractivity contribution is -0.612. The Labute approximate surface area is 169 Å². The number of hydrogen-bond donors (Lipinski definition) is 1. The molecule has 0 aliphatic heterocycles. The molecule has 0 saturated carbocycles. The molecule has 0 saturated heterocycles. The Morgan fingerprint density at radius 2 is 1.69 bits per heavy atom. The van der Waals surface area contributed by atoms with Crippen molar-refractivity contribution in [3.8, 4) is 11.6 Å². The van der Waals surface area contributed by atoms with Gasteiger partial charge < -0.3 is 14.7 Å². The molecule has 150 valence electrons. The van der Waals surface area contributed by atoms with Gasteiger partial charge in [-0.1, -0.05) is 30.4 Å². The molecule has 0 bridgehead atoms. The molecule has 0 radical (unpaired) electrons. The number of nitrogens with zero attached hydrogens (tertiary/aromatic N) is 1. The van der Waals surface area contributed by atoms with Crippen molar-refractivity contribution in [3.05, 3.63) is 83.2 Å². The lowest BCUT2D eigenvalue weighted by Crippen LogP contribution is -2.27. The highest BCUT2D eigenvalue weighted by molar-refractivity contribution is 7.92. The van der Waals surface area contributed by atoms with Gasteiger partial charge in [-0.3, -0.25) is 4.72 Å². The SMILES string of the molecule is COc1ccc(S(=O)(=O)Nc2ccccc2C=Cc2cc[n+]([O-])c(OC)c2)cc1. The van der Waals surface area contributed by atoms with Gasteiger partial charge in [-0.2, -0.15) is 0 Å². The van der Waals surface area contributed by atoms with Crippen molar-refractivity contribution < 1.29 is 22.6 Å². The van der Waals surface area contributed by atoms with Gasteiger partial charge in [-0.25, -0.2) is 8.42 Å². The van der Waals surface area contributed by atoms with E-state index < -0.39 is 10.0 Å². The van der Waals surface area contributed by atoms with Gasteiger partial charge in [0, 0.05) is 6.07 Å². The molecule has 0 atom stereocenters. The Hall–Kier alpha value is -3.52. The molecule has 2 aromatic carbocycles. The van der Waals surface area contributed by atoms with Crippen LogP contribution in [-0.2, 0) is 10.0 Å². The number of ether oxygens (including phenoxy) is 2. The van der Waals surface area contributed by atoms with Crippen LogP contribution in [0.5, 0.6) is 11.6 Å². The minimum Gasteiger partial charge on any atom is -0.616 e. The van der Waals surface area contributed by atoms with Gasteiger partial charge in [0.05, 0.1) is 30.9 Å². The van der Waals surface area contributed by atoms with Crippen LogP contribution in [0.4, 0.5) is 5.69 Å². The second-order valence-corrected chi connectivity index (χ2v) is 7.71. The number of methoxy groups -OCH3 is 2. The van der Waals surface area contributed by atoms with Gasteiger partial charge in [-0.15, -0.1) is 4.73 Å². The van der Waals surface area contributed by atoms with Crippen molar-refractivity contribution in [1.82, 2.24) is 0 Å². The Bertz CT molecular complexity index is 1130. The summed E-state index contributed by atoms with van der Waals surface area (Å²) in [5.74, 6) is 0.741. The summed E-state index contributed by atoms with van der Waals surface area (Å²) in [5, 5.41) is 11.5. The van der Waals surface area contributed by atoms with Gasteiger partial charge in [0.25, 0.3) is 10.0 Å². The lowest BCUT2D eigenvalue weighted by Gasteiger charge is -2.11. The molecule has 29 heavy (non-hydrogen) atoms. The molecule has 3 rings (SSSR count). The first-order valence-electron chi connectivity index (χ1n) is 8.64. The maximum Gasteiger partial charge on any atom is 0.379 e. The van der Waals surface area contributed by atoms with Crippen LogP contribution in [0.3, 0.4) is 0 Å². The third kappa shape index (κ3) is 4.85. The van der Waals surface area contributed by atoms with Crippen molar-refractivity contribution in [1.29, 1.82) is 0 Å². The summed E-state index contributed by atoms with van der Waals surface area (Å²) in [7, 11) is -0.830. The van der Waals surface area contributed by atoms with E-state index in [1.807, 2.05) is 6.07 Å². The molecule has 1 heterocycles. The van der Waals surface area contributed by atoms with E-state index in [2.05, 4.69) is 4.72 Å². The predicted molar refractivity (Wildman–Crippen MR) is 111 cm³/mol. The van der Waals surface area contributed by atoms with Crippen LogP contribution in [0.25, 0.3) is 12.2 Å². The molecule has 0 aliphatic rings. The molecule has 3 aromatic rings. The second-order valence-electron chi connectivity index (χ2n) is 6.03. The number of pyridine rings is 1. The van der Waals surface area contributed by atoms with Crippen LogP contribution in [0.1, 0.15) is 11.1 Å². The fourth-order valence-electron chi connectivity index (χ4n) is 2.61. The van der Waals surface area contributed by atoms with E-state index in [0.717, 1.165) is 5.56 Å². The summed E-state index contributed by atoms with van der Waals surface area (Å²) in [5.41, 5.74) is 1.84. The molecular formula is C21H20N2O5S. The molecule has 7 nitrogen and oxygen atoms in total. The molecule has 0 aliphatic carbocycles. The zero-order chi connectivity index (χ0) is 20.9. The highest BCUT2D eigenvalue weighted by Crippen LogP contribution is 2.23. The van der Waals surface area contributed by atoms with E-state index in [0.29, 0.717) is 21.7 Å². The van der Waals surface area contributed by atoms with E-state index in [-0.39, 0.29) is 10.8 Å². The highest BCUT2D eigenvalue weighted by Gasteiger charge is 2.15. The lowest BCUT2D eigenvalue weighted by atomic mass is 10.1. The molecule has 0 spiro atoms. The number of para-hydroxylation sites is 1. The maximum atomic E-state index is 12.7. The van der Waals surface area contributed by atoms with Crippen molar-refractivity contribution in [3.63, 3.8) is 0 Å². The minimum absolute atomic E-state index is 0.130. The van der Waals surface area contributed by atoms with E-state index in [1.54, 1.807) is 54.6 Å². The van der Waals surface area contributed by atoms with Crippen molar-refractivity contribution in [2.75, 3.05) is 18.9 Å². The normalized spacial score (nSPS) is 11.4. The van der Waals surface area contributed by atoms with Crippen LogP contribution >= 0.6 is 0 Å². The second kappa shape index (κ2) is 8.66. The Balaban J connectivity index is 1.86. The Kier molecular flexibility index (Phi) is 6.04. The van der Waals surface area contributed by atoms with E-state index >= 15 is 0 Å². The van der Waals surface area contributed by atoms with Crippen LogP contribution in [-0.4, -0.2) is 22.6 Å². The van der Waals surface area contributed by atoms with Gasteiger partial charge >= 0.3 is 5.88 Å². The van der Waals surface area contributed by atoms with Gasteiger partial charge in [0.15, 0.2) is 6.20 Å². The Morgan fingerprint density at radius 1 is 0.966 bits per heavy atom. The van der Waals surface area contributed by atoms with E-state index in [4.69, 9.17) is 9.47 Å². The maximum absolute atomic E-state index is 12.7. The number of benzene rings is 2. The summed E-state index contributed by atoms with van der Waals surface area (Å²) < 4.78 is 38.7. The van der Waals surface area contributed by atoms with E-state index in [9.17, 15) is 13.6 Å². The largest absolute Gasteiger partial charge is 0.616 e. The minimum atomic E-state index is -3.76. The molecule has 0 unspecified atom stereocenters. The van der Waals surface area contributed by atoms with Crippen LogP contribution in [0.15, 0.2) is 71.8 Å². The van der Waals surface area contributed by atoms with E-state index in [1.165, 1.54) is 32.5 Å². The smallest absolute Gasteiger partial charge is 0.379 e. The number of anilines is 1. The van der Waals surface area contributed by atoms with Gasteiger partial charge in [0.2, 0.25) is 0 Å². The molecule has 0 amide bonds. The first-order valence-corrected chi connectivity index (χ1v) is 10.1. The number of hydrogen-bond acceptors (Lipinski definition) is 5. The molecule has 0 fully saturated rings. The van der Waals surface area contributed by atoms with Crippen molar-refractivity contribution in [2.45, 2.75) is 4.90 Å². The highest BCUT2D eigenvalue weighted by atomic mass is 32.2. The number of sulfonamides is 1. The molecule has 8 heteroatoms. The average Bonchev–Trinajstić information content (AvgIpc) is 2.74. The number of nitrogens with one attached hydrogen (secondary N) is 1. The summed E-state index contributed by atoms with van der Waals surface area (Å²) in [4.78, 5) is 0.130. The quantitative estimate of drug-likeness (QED) is 0.475. The topological polar surface area (TPSA) is 91.6 Å². The fourth-order valence-corrected chi connectivity index (χ4v) is 3.70. The average molecular weight is 412 g/mol. The molecular weight excluding hydrogens is 392 g/mol.